The summed E-state index contributed by atoms with van der Waals surface area (Å²) in [4.78, 5) is 37.4. The highest BCUT2D eigenvalue weighted by atomic mass is 32.2. The molecule has 1 N–H and O–H groups in total. The van der Waals surface area contributed by atoms with Crippen LogP contribution in [0.3, 0.4) is 0 Å². The second kappa shape index (κ2) is 12.9. The van der Waals surface area contributed by atoms with Crippen LogP contribution in [0.15, 0.2) is 59.6 Å². The summed E-state index contributed by atoms with van der Waals surface area (Å²) in [5.74, 6) is 0.414. The minimum Gasteiger partial charge on any atom is -0.475 e. The Morgan fingerprint density at radius 1 is 0.980 bits per heavy atom. The Bertz CT molecular complexity index is 2080. The number of ether oxygens (including phenoxy) is 1. The highest BCUT2D eigenvalue weighted by molar-refractivity contribution is 7.92. The Labute approximate surface area is 301 Å². The van der Waals surface area contributed by atoms with E-state index >= 15 is 0 Å². The minimum atomic E-state index is -4.18. The van der Waals surface area contributed by atoms with Gasteiger partial charge in [-0.25, -0.2) is 28.1 Å². The van der Waals surface area contributed by atoms with Gasteiger partial charge in [0.2, 0.25) is 17.8 Å². The zero-order valence-electron chi connectivity index (χ0n) is 30.5. The molecule has 1 amide bonds. The van der Waals surface area contributed by atoms with Gasteiger partial charge >= 0.3 is 0 Å². The Morgan fingerprint density at radius 2 is 1.69 bits per heavy atom. The van der Waals surface area contributed by atoms with Crippen LogP contribution < -0.4 is 14.4 Å². The number of fused-ring (bicyclic) bond motifs is 4. The van der Waals surface area contributed by atoms with E-state index in [1.54, 1.807) is 23.1 Å². The topological polar surface area (TPSA) is 131 Å². The molecule has 268 valence electrons. The number of benzene rings is 2. The van der Waals surface area contributed by atoms with Crippen LogP contribution in [0.2, 0.25) is 0 Å². The Balaban J connectivity index is 1.31. The molecule has 51 heavy (non-hydrogen) atoms. The lowest BCUT2D eigenvalue weighted by molar-refractivity contribution is 0.0508. The van der Waals surface area contributed by atoms with Crippen molar-refractivity contribution < 1.29 is 17.9 Å². The van der Waals surface area contributed by atoms with E-state index in [-0.39, 0.29) is 46.8 Å². The van der Waals surface area contributed by atoms with Crippen LogP contribution >= 0.6 is 0 Å². The normalized spacial score (nSPS) is 19.5. The molecular weight excluding hydrogens is 663 g/mol. The number of sulfonamides is 1. The van der Waals surface area contributed by atoms with Gasteiger partial charge in [0, 0.05) is 36.5 Å². The first-order valence-corrected chi connectivity index (χ1v) is 19.2. The number of hydrogen-bond donors (Lipinski definition) is 1. The van der Waals surface area contributed by atoms with Crippen LogP contribution in [-0.4, -0.2) is 64.9 Å². The molecule has 2 aromatic heterocycles. The van der Waals surface area contributed by atoms with Crippen molar-refractivity contribution in [3.05, 3.63) is 82.7 Å². The predicted molar refractivity (Wildman–Crippen MR) is 197 cm³/mol. The van der Waals surface area contributed by atoms with Gasteiger partial charge in [-0.1, -0.05) is 45.0 Å². The first-order chi connectivity index (χ1) is 24.1. The summed E-state index contributed by atoms with van der Waals surface area (Å²) in [6, 6.07) is 13.8. The maximum absolute atomic E-state index is 14.7. The smallest absolute Gasteiger partial charge is 0.264 e. The molecule has 0 unspecified atom stereocenters. The summed E-state index contributed by atoms with van der Waals surface area (Å²) in [6.07, 6.45) is 7.38. The van der Waals surface area contributed by atoms with Gasteiger partial charge in [0.05, 0.1) is 28.9 Å². The third kappa shape index (κ3) is 7.28. The largest absolute Gasteiger partial charge is 0.475 e. The molecule has 2 aromatic carbocycles. The van der Waals surface area contributed by atoms with Gasteiger partial charge in [-0.3, -0.25) is 4.79 Å². The molecule has 11 nitrogen and oxygen atoms in total. The van der Waals surface area contributed by atoms with Crippen molar-refractivity contribution in [2.24, 2.45) is 10.8 Å². The van der Waals surface area contributed by atoms with Crippen molar-refractivity contribution in [1.29, 1.82) is 0 Å². The summed E-state index contributed by atoms with van der Waals surface area (Å²) in [7, 11) is -2.13. The monoisotopic (exact) mass is 709 g/mol. The maximum Gasteiger partial charge on any atom is 0.264 e. The van der Waals surface area contributed by atoms with Crippen LogP contribution in [-0.2, 0) is 16.6 Å². The number of hydrogen-bond acceptors (Lipinski definition) is 9. The lowest BCUT2D eigenvalue weighted by Crippen LogP contribution is -2.46. The molecule has 4 aromatic rings. The number of carbonyl (C=O) groups is 1. The van der Waals surface area contributed by atoms with Crippen LogP contribution in [0.1, 0.15) is 85.6 Å². The van der Waals surface area contributed by atoms with Crippen molar-refractivity contribution in [2.45, 2.75) is 97.2 Å². The predicted octanol–water partition coefficient (Wildman–Crippen LogP) is 6.88. The molecule has 2 fully saturated rings. The lowest BCUT2D eigenvalue weighted by Gasteiger charge is -2.42. The average Bonchev–Trinajstić information content (AvgIpc) is 3.86. The SMILES string of the molecule is Cc1cnc(N(C)C2CC3(CC3)C2)nc1CN1C(=O)c2cccc(c2)S(=O)(=O)Nc2nc(cc(-c3c(C)cccc3C)n2)OC[C@H]1CC(C)(C)C. The summed E-state index contributed by atoms with van der Waals surface area (Å²) in [5.41, 5.74) is 5.56. The number of aryl methyl sites for hydroxylation is 3. The molecule has 12 heteroatoms. The first-order valence-electron chi connectivity index (χ1n) is 17.7. The summed E-state index contributed by atoms with van der Waals surface area (Å²) >= 11 is 0. The fourth-order valence-corrected chi connectivity index (χ4v) is 8.46. The van der Waals surface area contributed by atoms with Gasteiger partial charge in [-0.05, 0) is 98.6 Å². The molecule has 7 rings (SSSR count). The van der Waals surface area contributed by atoms with E-state index in [1.165, 1.54) is 25.0 Å². The van der Waals surface area contributed by atoms with Crippen molar-refractivity contribution >= 4 is 27.8 Å². The van der Waals surface area contributed by atoms with Gasteiger partial charge in [-0.2, -0.15) is 4.98 Å². The number of nitrogens with zero attached hydrogens (tertiary/aromatic N) is 6. The second-order valence-electron chi connectivity index (χ2n) is 16.0. The molecule has 1 aliphatic heterocycles. The molecule has 3 aliphatic rings. The zero-order valence-corrected chi connectivity index (χ0v) is 31.3. The zero-order chi connectivity index (χ0) is 36.3. The van der Waals surface area contributed by atoms with Gasteiger partial charge < -0.3 is 14.5 Å². The number of rotatable bonds is 6. The molecule has 1 atom stereocenters. The molecular formula is C39H47N7O4S. The maximum atomic E-state index is 14.7. The number of aromatic nitrogens is 4. The van der Waals surface area contributed by atoms with E-state index < -0.39 is 16.1 Å². The van der Waals surface area contributed by atoms with E-state index in [4.69, 9.17) is 9.72 Å². The first kappa shape index (κ1) is 34.9. The van der Waals surface area contributed by atoms with Gasteiger partial charge in [0.15, 0.2) is 0 Å². The van der Waals surface area contributed by atoms with Crippen molar-refractivity contribution in [3.8, 4) is 17.1 Å². The fraction of sp³-hybridized carbons (Fsp3) is 0.462. The average molecular weight is 710 g/mol. The molecule has 1 spiro atoms. The van der Waals surface area contributed by atoms with E-state index in [2.05, 4.69) is 52.4 Å². The number of anilines is 2. The quantitative estimate of drug-likeness (QED) is 0.228. The van der Waals surface area contributed by atoms with E-state index in [0.717, 1.165) is 40.8 Å². The molecule has 0 radical (unpaired) electrons. The Morgan fingerprint density at radius 3 is 2.37 bits per heavy atom. The lowest BCUT2D eigenvalue weighted by atomic mass is 9.76. The summed E-state index contributed by atoms with van der Waals surface area (Å²) in [5, 5.41) is 0. The molecule has 0 saturated heterocycles. The van der Waals surface area contributed by atoms with Gasteiger partial charge in [0.25, 0.3) is 15.9 Å². The third-order valence-corrected chi connectivity index (χ3v) is 11.9. The molecule has 2 saturated carbocycles. The van der Waals surface area contributed by atoms with E-state index in [1.807, 2.05) is 45.2 Å². The second-order valence-corrected chi connectivity index (χ2v) is 17.6. The standard InChI is InChI=1S/C39H47N7O4S/c1-24-10-8-11-25(2)34(24)31-17-33-43-36(41-31)44-51(48,49)30-13-9-12-27(16-30)35(47)46(29(23-50-33)18-38(4,5)6)22-32-26(3)21-40-37(42-32)45(7)28-19-39(20-28)14-15-39/h8-13,16-17,21,28-29H,14-15,18-20,22-23H2,1-7H3,(H,41,43,44)/t29-/m1/s1. The summed E-state index contributed by atoms with van der Waals surface area (Å²) < 4.78 is 36.6. The molecule has 2 aliphatic carbocycles. The van der Waals surface area contributed by atoms with Crippen molar-refractivity contribution in [2.75, 3.05) is 23.3 Å². The third-order valence-electron chi connectivity index (χ3n) is 10.6. The van der Waals surface area contributed by atoms with Gasteiger partial charge in [-0.15, -0.1) is 0 Å². The highest BCUT2D eigenvalue weighted by Gasteiger charge is 2.54. The van der Waals surface area contributed by atoms with Crippen LogP contribution in [0.5, 0.6) is 5.88 Å². The van der Waals surface area contributed by atoms with Crippen LogP contribution in [0, 0.1) is 31.6 Å². The number of carbonyl (C=O) groups excluding carboxylic acids is 1. The Kier molecular flexibility index (Phi) is 8.80. The van der Waals surface area contributed by atoms with E-state index in [9.17, 15) is 13.2 Å². The minimum absolute atomic E-state index is 0.0699. The molecule has 3 heterocycles. The van der Waals surface area contributed by atoms with Crippen molar-refractivity contribution in [3.63, 3.8) is 0 Å². The number of amides is 1. The Hall–Kier alpha value is -4.58. The summed E-state index contributed by atoms with van der Waals surface area (Å²) in [6.45, 7) is 12.6. The highest BCUT2D eigenvalue weighted by Crippen LogP contribution is 2.61. The van der Waals surface area contributed by atoms with Crippen molar-refractivity contribution in [1.82, 2.24) is 24.8 Å². The fourth-order valence-electron chi connectivity index (χ4n) is 7.47. The number of nitrogens with one attached hydrogen (secondary N) is 1. The van der Waals surface area contributed by atoms with E-state index in [0.29, 0.717) is 29.5 Å². The van der Waals surface area contributed by atoms with Gasteiger partial charge in [0.1, 0.15) is 6.61 Å². The van der Waals surface area contributed by atoms with Crippen LogP contribution in [0.4, 0.5) is 11.9 Å². The molecule has 4 bridgehead atoms. The van der Waals surface area contributed by atoms with Crippen LogP contribution in [0.25, 0.3) is 11.3 Å².